The second-order valence-electron chi connectivity index (χ2n) is 9.54. The molecule has 4 unspecified atom stereocenters. The average Bonchev–Trinajstić information content (AvgIpc) is 3.12. The molecule has 206 valence electrons. The molecule has 0 radical (unpaired) electrons. The Morgan fingerprint density at radius 2 is 1.56 bits per heavy atom. The highest BCUT2D eigenvalue weighted by molar-refractivity contribution is 5.69. The third kappa shape index (κ3) is 6.38. The molecule has 1 aromatic carbocycles. The Labute approximate surface area is 226 Å². The number of carbonyl (C=O) groups excluding carboxylic acids is 3. The SMILES string of the molecule is COC1(c2cc(Cc3cc4cccccc-4c3)ccc2O)OC(COC(C)=O)CC(OC(C)=O)C1OC(C)=O. The zero-order chi connectivity index (χ0) is 28.2. The highest BCUT2D eigenvalue weighted by Crippen LogP contribution is 2.45. The maximum absolute atomic E-state index is 12.2. The van der Waals surface area contributed by atoms with Crippen LogP contribution in [-0.2, 0) is 50.3 Å². The van der Waals surface area contributed by atoms with Gasteiger partial charge >= 0.3 is 17.9 Å². The molecule has 1 heterocycles. The van der Waals surface area contributed by atoms with Crippen LogP contribution in [0.25, 0.3) is 11.1 Å². The van der Waals surface area contributed by atoms with Crippen molar-refractivity contribution in [3.8, 4) is 16.9 Å². The van der Waals surface area contributed by atoms with Gasteiger partial charge in [-0.1, -0.05) is 48.5 Å². The van der Waals surface area contributed by atoms with Crippen LogP contribution < -0.4 is 0 Å². The summed E-state index contributed by atoms with van der Waals surface area (Å²) in [6, 6.07) is 19.2. The van der Waals surface area contributed by atoms with Crippen LogP contribution in [0.15, 0.2) is 60.7 Å². The number of carbonyl (C=O) groups is 3. The van der Waals surface area contributed by atoms with Crippen molar-refractivity contribution in [2.45, 2.75) is 57.7 Å². The number of benzene rings is 1. The number of ether oxygens (including phenoxy) is 5. The highest BCUT2D eigenvalue weighted by atomic mass is 16.7. The first-order valence-corrected chi connectivity index (χ1v) is 12.6. The summed E-state index contributed by atoms with van der Waals surface area (Å²) in [5.41, 5.74) is 4.28. The van der Waals surface area contributed by atoms with E-state index < -0.39 is 42.0 Å². The maximum Gasteiger partial charge on any atom is 0.303 e. The van der Waals surface area contributed by atoms with Crippen molar-refractivity contribution in [1.29, 1.82) is 0 Å². The number of rotatable bonds is 8. The smallest absolute Gasteiger partial charge is 0.303 e. The van der Waals surface area contributed by atoms with Gasteiger partial charge < -0.3 is 28.8 Å². The van der Waals surface area contributed by atoms with Crippen molar-refractivity contribution in [3.63, 3.8) is 0 Å². The van der Waals surface area contributed by atoms with E-state index in [9.17, 15) is 19.5 Å². The maximum atomic E-state index is 12.2. The molecule has 39 heavy (non-hydrogen) atoms. The average molecular weight is 537 g/mol. The number of hydrogen-bond acceptors (Lipinski definition) is 9. The van der Waals surface area contributed by atoms with Crippen LogP contribution in [0.5, 0.6) is 5.75 Å². The quantitative estimate of drug-likeness (QED) is 0.335. The van der Waals surface area contributed by atoms with Gasteiger partial charge in [0.1, 0.15) is 18.5 Å². The monoisotopic (exact) mass is 536 g/mol. The predicted molar refractivity (Wildman–Crippen MR) is 140 cm³/mol. The summed E-state index contributed by atoms with van der Waals surface area (Å²) in [7, 11) is 1.34. The van der Waals surface area contributed by atoms with Gasteiger partial charge in [0.05, 0.1) is 11.7 Å². The summed E-state index contributed by atoms with van der Waals surface area (Å²) in [5.74, 6) is -3.84. The molecule has 1 aliphatic heterocycles. The molecular weight excluding hydrogens is 504 g/mol. The number of phenols is 1. The lowest BCUT2D eigenvalue weighted by Crippen LogP contribution is -2.60. The number of esters is 3. The van der Waals surface area contributed by atoms with Crippen LogP contribution in [0, 0.1) is 0 Å². The summed E-state index contributed by atoms with van der Waals surface area (Å²) >= 11 is 0. The molecule has 0 bridgehead atoms. The minimum atomic E-state index is -1.88. The topological polar surface area (TPSA) is 118 Å². The minimum absolute atomic E-state index is 0.0634. The van der Waals surface area contributed by atoms with Crippen LogP contribution >= 0.6 is 0 Å². The molecule has 1 saturated heterocycles. The number of methoxy groups -OCH3 is 1. The van der Waals surface area contributed by atoms with Gasteiger partial charge in [0, 0.05) is 34.3 Å². The van der Waals surface area contributed by atoms with Gasteiger partial charge in [0.15, 0.2) is 6.10 Å². The van der Waals surface area contributed by atoms with Crippen LogP contribution in [-0.4, -0.2) is 55.0 Å². The summed E-state index contributed by atoms with van der Waals surface area (Å²) in [6.07, 6.45) is -2.47. The molecular formula is C30H32O9. The summed E-state index contributed by atoms with van der Waals surface area (Å²) in [6.45, 7) is 3.55. The van der Waals surface area contributed by atoms with E-state index in [4.69, 9.17) is 23.7 Å². The Balaban J connectivity index is 1.77. The number of fused-ring (bicyclic) bond motifs is 1. The van der Waals surface area contributed by atoms with Crippen molar-refractivity contribution < 1.29 is 43.2 Å². The number of phenolic OH excluding ortho intramolecular Hbond substituents is 1. The van der Waals surface area contributed by atoms with E-state index in [-0.39, 0.29) is 24.3 Å². The minimum Gasteiger partial charge on any atom is -0.507 e. The summed E-state index contributed by atoms with van der Waals surface area (Å²) in [5, 5.41) is 11.0. The highest BCUT2D eigenvalue weighted by Gasteiger charge is 2.57. The zero-order valence-corrected chi connectivity index (χ0v) is 22.3. The van der Waals surface area contributed by atoms with Crippen molar-refractivity contribution in [3.05, 3.63) is 77.4 Å². The van der Waals surface area contributed by atoms with Gasteiger partial charge in [-0.05, 0) is 40.8 Å². The van der Waals surface area contributed by atoms with Crippen molar-refractivity contribution in [2.75, 3.05) is 13.7 Å². The van der Waals surface area contributed by atoms with Gasteiger partial charge in [-0.3, -0.25) is 14.4 Å². The lowest BCUT2D eigenvalue weighted by molar-refractivity contribution is -0.347. The Bertz CT molecular complexity index is 1290. The Hall–Kier alpha value is -3.95. The van der Waals surface area contributed by atoms with Crippen LogP contribution in [0.4, 0.5) is 0 Å². The second kappa shape index (κ2) is 11.8. The zero-order valence-electron chi connectivity index (χ0n) is 22.3. The third-order valence-corrected chi connectivity index (χ3v) is 6.57. The lowest BCUT2D eigenvalue weighted by Gasteiger charge is -2.47. The summed E-state index contributed by atoms with van der Waals surface area (Å²) in [4.78, 5) is 35.7. The normalized spacial score (nSPS) is 22.7. The lowest BCUT2D eigenvalue weighted by atomic mass is 9.87. The molecule has 0 aromatic heterocycles. The fraction of sp³-hybridized carbons (Fsp3) is 0.367. The molecule has 3 aliphatic rings. The molecule has 9 heteroatoms. The van der Waals surface area contributed by atoms with E-state index in [0.717, 1.165) is 22.3 Å². The van der Waals surface area contributed by atoms with E-state index in [0.29, 0.717) is 6.42 Å². The fourth-order valence-electron chi connectivity index (χ4n) is 5.04. The Kier molecular flexibility index (Phi) is 8.52. The van der Waals surface area contributed by atoms with Crippen molar-refractivity contribution >= 4 is 17.9 Å². The standard InChI is InChI=1S/C30H32O9/c1-18(31)36-17-25-16-28(37-19(2)32)29(38-20(3)33)30(35-4,39-25)26-15-21(10-11-27(26)34)12-22-13-23-8-6-5-7-9-24(23)14-22/h5-11,13-15,25,28-29,34H,12,16-17H2,1-4H3. The number of aromatic hydroxyl groups is 1. The Morgan fingerprint density at radius 1 is 0.897 bits per heavy atom. The van der Waals surface area contributed by atoms with E-state index in [1.54, 1.807) is 12.1 Å². The van der Waals surface area contributed by atoms with E-state index in [1.165, 1.54) is 33.9 Å². The first kappa shape index (κ1) is 28.1. The van der Waals surface area contributed by atoms with Crippen LogP contribution in [0.1, 0.15) is 43.9 Å². The van der Waals surface area contributed by atoms with Gasteiger partial charge in [-0.25, -0.2) is 0 Å². The van der Waals surface area contributed by atoms with Gasteiger partial charge in [0.25, 0.3) is 0 Å². The molecule has 4 atom stereocenters. The molecule has 4 rings (SSSR count). The molecule has 9 nitrogen and oxygen atoms in total. The second-order valence-corrected chi connectivity index (χ2v) is 9.54. The molecule has 0 saturated carbocycles. The van der Waals surface area contributed by atoms with Crippen LogP contribution in [0.3, 0.4) is 0 Å². The van der Waals surface area contributed by atoms with Gasteiger partial charge in [-0.2, -0.15) is 0 Å². The summed E-state index contributed by atoms with van der Waals surface area (Å²) < 4.78 is 28.5. The van der Waals surface area contributed by atoms with Gasteiger partial charge in [-0.15, -0.1) is 0 Å². The Morgan fingerprint density at radius 3 is 2.15 bits per heavy atom. The van der Waals surface area contributed by atoms with E-state index >= 15 is 0 Å². The number of hydrogen-bond donors (Lipinski definition) is 1. The molecule has 0 amide bonds. The van der Waals surface area contributed by atoms with E-state index in [2.05, 4.69) is 12.1 Å². The first-order valence-electron chi connectivity index (χ1n) is 12.6. The molecule has 2 aliphatic carbocycles. The van der Waals surface area contributed by atoms with Crippen molar-refractivity contribution in [1.82, 2.24) is 0 Å². The van der Waals surface area contributed by atoms with Crippen molar-refractivity contribution in [2.24, 2.45) is 0 Å². The molecule has 1 N–H and O–H groups in total. The van der Waals surface area contributed by atoms with Crippen LogP contribution in [0.2, 0.25) is 0 Å². The molecule has 0 spiro atoms. The third-order valence-electron chi connectivity index (χ3n) is 6.57. The first-order chi connectivity index (χ1) is 18.6. The molecule has 1 fully saturated rings. The molecule has 1 aromatic rings. The predicted octanol–water partition coefficient (Wildman–Crippen LogP) is 4.10. The van der Waals surface area contributed by atoms with Gasteiger partial charge in [0.2, 0.25) is 5.79 Å². The van der Waals surface area contributed by atoms with E-state index in [1.807, 2.05) is 30.3 Å². The fourth-order valence-corrected chi connectivity index (χ4v) is 5.04. The largest absolute Gasteiger partial charge is 0.507 e.